The standard InChI is InChI=1S/C11H12N2O2/c1-8-4-2-3-5-9(8)7-13-10(14)6-12-11(13)15/h2-6,14H,7H2,1H3,(H,12,15). The van der Waals surface area contributed by atoms with Crippen LogP contribution in [0.2, 0.25) is 0 Å². The van der Waals surface area contributed by atoms with E-state index in [-0.39, 0.29) is 11.6 Å². The first-order valence-corrected chi connectivity index (χ1v) is 4.70. The van der Waals surface area contributed by atoms with Crippen molar-refractivity contribution in [3.05, 3.63) is 52.1 Å². The number of aromatic amines is 1. The average Bonchev–Trinajstić information content (AvgIpc) is 2.53. The normalized spacial score (nSPS) is 10.5. The molecule has 0 radical (unpaired) electrons. The molecule has 0 fully saturated rings. The molecule has 0 saturated carbocycles. The van der Waals surface area contributed by atoms with Crippen LogP contribution in [-0.4, -0.2) is 14.7 Å². The lowest BCUT2D eigenvalue weighted by molar-refractivity contribution is 0.421. The topological polar surface area (TPSA) is 58.0 Å². The molecule has 15 heavy (non-hydrogen) atoms. The Bertz CT molecular complexity index is 525. The molecule has 0 bridgehead atoms. The monoisotopic (exact) mass is 204 g/mol. The van der Waals surface area contributed by atoms with Gasteiger partial charge in [-0.15, -0.1) is 0 Å². The second-order valence-electron chi connectivity index (χ2n) is 3.46. The fraction of sp³-hybridized carbons (Fsp3) is 0.182. The Hall–Kier alpha value is -1.97. The summed E-state index contributed by atoms with van der Waals surface area (Å²) in [4.78, 5) is 13.7. The summed E-state index contributed by atoms with van der Waals surface area (Å²) in [7, 11) is 0. The van der Waals surface area contributed by atoms with Gasteiger partial charge < -0.3 is 10.1 Å². The first-order valence-electron chi connectivity index (χ1n) is 4.70. The molecular weight excluding hydrogens is 192 g/mol. The molecule has 0 aliphatic heterocycles. The first kappa shape index (κ1) is 9.58. The summed E-state index contributed by atoms with van der Waals surface area (Å²) >= 11 is 0. The van der Waals surface area contributed by atoms with Crippen LogP contribution in [0.5, 0.6) is 5.88 Å². The van der Waals surface area contributed by atoms with Crippen LogP contribution in [0, 0.1) is 6.92 Å². The molecule has 2 aromatic rings. The van der Waals surface area contributed by atoms with Crippen LogP contribution in [0.3, 0.4) is 0 Å². The number of hydrogen-bond donors (Lipinski definition) is 2. The Kier molecular flexibility index (Phi) is 2.33. The summed E-state index contributed by atoms with van der Waals surface area (Å²) in [5, 5.41) is 9.42. The molecule has 1 heterocycles. The highest BCUT2D eigenvalue weighted by molar-refractivity contribution is 5.26. The molecule has 78 valence electrons. The lowest BCUT2D eigenvalue weighted by Gasteiger charge is -2.06. The quantitative estimate of drug-likeness (QED) is 0.773. The molecule has 0 spiro atoms. The summed E-state index contributed by atoms with van der Waals surface area (Å²) in [6, 6.07) is 7.77. The Morgan fingerprint density at radius 3 is 2.73 bits per heavy atom. The number of aryl methyl sites for hydroxylation is 1. The van der Waals surface area contributed by atoms with Crippen LogP contribution in [0.15, 0.2) is 35.3 Å². The molecule has 2 N–H and O–H groups in total. The van der Waals surface area contributed by atoms with Gasteiger partial charge in [0, 0.05) is 0 Å². The number of H-pyrrole nitrogens is 1. The molecule has 0 amide bonds. The van der Waals surface area contributed by atoms with Gasteiger partial charge in [0.2, 0.25) is 5.88 Å². The van der Waals surface area contributed by atoms with Crippen molar-refractivity contribution in [1.29, 1.82) is 0 Å². The third-order valence-corrected chi connectivity index (χ3v) is 2.44. The Morgan fingerprint density at radius 2 is 2.13 bits per heavy atom. The second-order valence-corrected chi connectivity index (χ2v) is 3.46. The van der Waals surface area contributed by atoms with E-state index in [1.54, 1.807) is 0 Å². The van der Waals surface area contributed by atoms with Crippen LogP contribution in [0.4, 0.5) is 0 Å². The molecule has 0 atom stereocenters. The number of imidazole rings is 1. The predicted octanol–water partition coefficient (Wildman–Crippen LogP) is 1.24. The third-order valence-electron chi connectivity index (χ3n) is 2.44. The Balaban J connectivity index is 2.38. The van der Waals surface area contributed by atoms with E-state index in [4.69, 9.17) is 0 Å². The molecule has 1 aromatic heterocycles. The van der Waals surface area contributed by atoms with Gasteiger partial charge in [-0.05, 0) is 18.1 Å². The minimum atomic E-state index is -0.296. The zero-order valence-corrected chi connectivity index (χ0v) is 8.40. The highest BCUT2D eigenvalue weighted by Crippen LogP contribution is 2.11. The summed E-state index contributed by atoms with van der Waals surface area (Å²) in [6.45, 7) is 2.37. The third kappa shape index (κ3) is 1.79. The van der Waals surface area contributed by atoms with Gasteiger partial charge in [0.1, 0.15) is 0 Å². The van der Waals surface area contributed by atoms with Crippen molar-refractivity contribution < 1.29 is 5.11 Å². The minimum absolute atomic E-state index is 0.0387. The predicted molar refractivity (Wildman–Crippen MR) is 57.0 cm³/mol. The molecule has 0 saturated heterocycles. The van der Waals surface area contributed by atoms with E-state index >= 15 is 0 Å². The van der Waals surface area contributed by atoms with Gasteiger partial charge in [-0.25, -0.2) is 4.79 Å². The summed E-state index contributed by atoms with van der Waals surface area (Å²) in [5.41, 5.74) is 1.83. The van der Waals surface area contributed by atoms with Gasteiger partial charge in [-0.3, -0.25) is 4.57 Å². The van der Waals surface area contributed by atoms with Crippen molar-refractivity contribution >= 4 is 0 Å². The van der Waals surface area contributed by atoms with Crippen LogP contribution < -0.4 is 5.69 Å². The van der Waals surface area contributed by atoms with Crippen LogP contribution in [-0.2, 0) is 6.54 Å². The summed E-state index contributed by atoms with van der Waals surface area (Å²) in [6.07, 6.45) is 1.29. The molecule has 0 aliphatic rings. The van der Waals surface area contributed by atoms with Gasteiger partial charge in [-0.1, -0.05) is 24.3 Å². The number of aromatic nitrogens is 2. The van der Waals surface area contributed by atoms with Crippen LogP contribution in [0.1, 0.15) is 11.1 Å². The maximum atomic E-state index is 11.3. The number of rotatable bonds is 2. The van der Waals surface area contributed by atoms with E-state index in [2.05, 4.69) is 4.98 Å². The van der Waals surface area contributed by atoms with Gasteiger partial charge in [0.05, 0.1) is 12.7 Å². The van der Waals surface area contributed by atoms with E-state index in [0.29, 0.717) is 6.54 Å². The number of nitrogens with zero attached hydrogens (tertiary/aromatic N) is 1. The lowest BCUT2D eigenvalue weighted by atomic mass is 10.1. The molecular formula is C11H12N2O2. The lowest BCUT2D eigenvalue weighted by Crippen LogP contribution is -2.17. The van der Waals surface area contributed by atoms with E-state index < -0.39 is 0 Å². The van der Waals surface area contributed by atoms with E-state index in [9.17, 15) is 9.90 Å². The minimum Gasteiger partial charge on any atom is -0.493 e. The van der Waals surface area contributed by atoms with Crippen molar-refractivity contribution in [2.45, 2.75) is 13.5 Å². The van der Waals surface area contributed by atoms with E-state index in [1.807, 2.05) is 31.2 Å². The van der Waals surface area contributed by atoms with Crippen LogP contribution in [0.25, 0.3) is 0 Å². The molecule has 0 unspecified atom stereocenters. The van der Waals surface area contributed by atoms with Crippen molar-refractivity contribution in [2.24, 2.45) is 0 Å². The maximum absolute atomic E-state index is 11.3. The van der Waals surface area contributed by atoms with Gasteiger partial charge >= 0.3 is 5.69 Å². The fourth-order valence-electron chi connectivity index (χ4n) is 1.50. The number of nitrogens with one attached hydrogen (secondary N) is 1. The van der Waals surface area contributed by atoms with Crippen molar-refractivity contribution in [1.82, 2.24) is 9.55 Å². The Labute approximate surface area is 86.8 Å². The smallest absolute Gasteiger partial charge is 0.328 e. The number of aromatic hydroxyl groups is 1. The average molecular weight is 204 g/mol. The zero-order chi connectivity index (χ0) is 10.8. The number of hydrogen-bond acceptors (Lipinski definition) is 2. The molecule has 1 aromatic carbocycles. The highest BCUT2D eigenvalue weighted by atomic mass is 16.3. The molecule has 4 nitrogen and oxygen atoms in total. The molecule has 0 aliphatic carbocycles. The van der Waals surface area contributed by atoms with Gasteiger partial charge in [0.15, 0.2) is 0 Å². The summed E-state index contributed by atoms with van der Waals surface area (Å²) in [5.74, 6) is -0.0387. The van der Waals surface area contributed by atoms with Crippen molar-refractivity contribution in [3.63, 3.8) is 0 Å². The van der Waals surface area contributed by atoms with Crippen LogP contribution >= 0.6 is 0 Å². The fourth-order valence-corrected chi connectivity index (χ4v) is 1.50. The van der Waals surface area contributed by atoms with Gasteiger partial charge in [0.25, 0.3) is 0 Å². The highest BCUT2D eigenvalue weighted by Gasteiger charge is 2.05. The largest absolute Gasteiger partial charge is 0.493 e. The molecule has 4 heteroatoms. The first-order chi connectivity index (χ1) is 7.18. The van der Waals surface area contributed by atoms with E-state index in [0.717, 1.165) is 11.1 Å². The number of benzene rings is 1. The van der Waals surface area contributed by atoms with Crippen molar-refractivity contribution in [2.75, 3.05) is 0 Å². The zero-order valence-electron chi connectivity index (χ0n) is 8.40. The Morgan fingerprint density at radius 1 is 1.40 bits per heavy atom. The summed E-state index contributed by atoms with van der Waals surface area (Å²) < 4.78 is 1.29. The maximum Gasteiger partial charge on any atom is 0.328 e. The SMILES string of the molecule is Cc1ccccc1Cn1c(O)c[nH]c1=O. The van der Waals surface area contributed by atoms with E-state index in [1.165, 1.54) is 10.8 Å². The second kappa shape index (κ2) is 3.65. The van der Waals surface area contributed by atoms with Crippen molar-refractivity contribution in [3.8, 4) is 5.88 Å². The molecule has 2 rings (SSSR count). The van der Waals surface area contributed by atoms with Gasteiger partial charge in [-0.2, -0.15) is 0 Å².